The number of aromatic nitrogens is 3. The lowest BCUT2D eigenvalue weighted by Crippen LogP contribution is -2.11. The van der Waals surface area contributed by atoms with E-state index in [9.17, 15) is 0 Å². The fourth-order valence-corrected chi connectivity index (χ4v) is 2.03. The first-order chi connectivity index (χ1) is 9.56. The molecule has 0 atom stereocenters. The van der Waals surface area contributed by atoms with Crippen LogP contribution in [-0.2, 0) is 0 Å². The zero-order valence-electron chi connectivity index (χ0n) is 11.5. The first kappa shape index (κ1) is 14.8. The Hall–Kier alpha value is -1.64. The minimum atomic E-state index is 0.00706. The van der Waals surface area contributed by atoms with Crippen LogP contribution in [0.1, 0.15) is 13.8 Å². The van der Waals surface area contributed by atoms with Crippen molar-refractivity contribution in [1.82, 2.24) is 15.0 Å². The van der Waals surface area contributed by atoms with E-state index in [1.54, 1.807) is 7.05 Å². The van der Waals surface area contributed by atoms with Crippen LogP contribution in [0.25, 0.3) is 0 Å². The summed E-state index contributed by atoms with van der Waals surface area (Å²) < 4.78 is 6.65. The van der Waals surface area contributed by atoms with E-state index in [1.807, 2.05) is 38.1 Å². The normalized spacial score (nSPS) is 10.4. The summed E-state index contributed by atoms with van der Waals surface area (Å²) >= 11 is 2.25. The van der Waals surface area contributed by atoms with E-state index >= 15 is 0 Å². The summed E-state index contributed by atoms with van der Waals surface area (Å²) in [5.74, 6) is 0.908. The van der Waals surface area contributed by atoms with Gasteiger partial charge in [0.2, 0.25) is 11.9 Å². The number of ether oxygens (including phenoxy) is 1. The topological polar surface area (TPSA) is 72.0 Å². The van der Waals surface area contributed by atoms with Crippen molar-refractivity contribution >= 4 is 40.2 Å². The molecule has 6 nitrogen and oxygen atoms in total. The van der Waals surface area contributed by atoms with Crippen LogP contribution < -0.4 is 15.4 Å². The molecular formula is C13H16IN5O. The van der Waals surface area contributed by atoms with Crippen LogP contribution in [0, 0.1) is 3.57 Å². The third kappa shape index (κ3) is 4.19. The zero-order valence-corrected chi connectivity index (χ0v) is 13.7. The predicted molar refractivity (Wildman–Crippen MR) is 87.6 cm³/mol. The molecule has 0 bridgehead atoms. The summed E-state index contributed by atoms with van der Waals surface area (Å²) in [6.07, 6.45) is 0.00706. The molecule has 1 aromatic heterocycles. The van der Waals surface area contributed by atoms with E-state index in [0.29, 0.717) is 17.9 Å². The standard InChI is InChI=1S/C13H16IN5O/c1-8(2)20-13-18-11(15-3)17-12(19-13)16-10-6-4-5-9(14)7-10/h4-8H,1-3H3,(H2,15,16,17,18,19). The van der Waals surface area contributed by atoms with Gasteiger partial charge in [-0.1, -0.05) is 6.07 Å². The monoisotopic (exact) mass is 385 g/mol. The van der Waals surface area contributed by atoms with Crippen molar-refractivity contribution in [2.45, 2.75) is 20.0 Å². The van der Waals surface area contributed by atoms with E-state index in [-0.39, 0.29) is 6.10 Å². The van der Waals surface area contributed by atoms with Gasteiger partial charge in [0.15, 0.2) is 0 Å². The molecule has 0 saturated carbocycles. The van der Waals surface area contributed by atoms with Gasteiger partial charge in [0.05, 0.1) is 6.10 Å². The third-order valence-corrected chi connectivity index (χ3v) is 2.93. The third-order valence-electron chi connectivity index (χ3n) is 2.26. The number of rotatable bonds is 5. The van der Waals surface area contributed by atoms with Crippen molar-refractivity contribution in [2.75, 3.05) is 17.7 Å². The fraction of sp³-hybridized carbons (Fsp3) is 0.308. The lowest BCUT2D eigenvalue weighted by molar-refractivity contribution is 0.222. The molecule has 2 rings (SSSR count). The van der Waals surface area contributed by atoms with Crippen LogP contribution in [0.3, 0.4) is 0 Å². The molecule has 1 heterocycles. The van der Waals surface area contributed by atoms with Gasteiger partial charge >= 0.3 is 6.01 Å². The molecule has 106 valence electrons. The second-order valence-electron chi connectivity index (χ2n) is 4.32. The van der Waals surface area contributed by atoms with E-state index < -0.39 is 0 Å². The average molecular weight is 385 g/mol. The maximum atomic E-state index is 5.52. The molecule has 0 unspecified atom stereocenters. The van der Waals surface area contributed by atoms with E-state index in [1.165, 1.54) is 0 Å². The molecule has 0 spiro atoms. The quantitative estimate of drug-likeness (QED) is 0.771. The van der Waals surface area contributed by atoms with Crippen molar-refractivity contribution in [3.8, 4) is 6.01 Å². The lowest BCUT2D eigenvalue weighted by atomic mass is 10.3. The minimum Gasteiger partial charge on any atom is -0.461 e. The highest BCUT2D eigenvalue weighted by Gasteiger charge is 2.08. The Morgan fingerprint density at radius 2 is 1.90 bits per heavy atom. The van der Waals surface area contributed by atoms with Crippen LogP contribution in [0.2, 0.25) is 0 Å². The Kier molecular flexibility index (Phi) is 4.94. The number of hydrogen-bond acceptors (Lipinski definition) is 6. The smallest absolute Gasteiger partial charge is 0.323 e. The molecule has 1 aromatic carbocycles. The number of hydrogen-bond donors (Lipinski definition) is 2. The Morgan fingerprint density at radius 3 is 2.55 bits per heavy atom. The summed E-state index contributed by atoms with van der Waals surface area (Å²) in [6.45, 7) is 3.85. The Labute approximate surface area is 131 Å². The number of nitrogens with zero attached hydrogens (tertiary/aromatic N) is 3. The maximum Gasteiger partial charge on any atom is 0.323 e. The van der Waals surface area contributed by atoms with Gasteiger partial charge in [-0.3, -0.25) is 0 Å². The van der Waals surface area contributed by atoms with Gasteiger partial charge in [0, 0.05) is 16.3 Å². The van der Waals surface area contributed by atoms with Gasteiger partial charge in [-0.15, -0.1) is 0 Å². The molecule has 0 aliphatic heterocycles. The number of nitrogens with one attached hydrogen (secondary N) is 2. The highest BCUT2D eigenvalue weighted by atomic mass is 127. The summed E-state index contributed by atoms with van der Waals surface area (Å²) in [4.78, 5) is 12.7. The maximum absolute atomic E-state index is 5.52. The van der Waals surface area contributed by atoms with E-state index in [2.05, 4.69) is 48.2 Å². The second-order valence-corrected chi connectivity index (χ2v) is 5.56. The average Bonchev–Trinajstić information content (AvgIpc) is 2.37. The molecule has 20 heavy (non-hydrogen) atoms. The van der Waals surface area contributed by atoms with Crippen molar-refractivity contribution < 1.29 is 4.74 Å². The van der Waals surface area contributed by atoms with Crippen molar-refractivity contribution in [2.24, 2.45) is 0 Å². The Bertz CT molecular complexity index is 591. The summed E-state index contributed by atoms with van der Waals surface area (Å²) in [7, 11) is 1.75. The molecule has 0 fully saturated rings. The highest BCUT2D eigenvalue weighted by molar-refractivity contribution is 14.1. The highest BCUT2D eigenvalue weighted by Crippen LogP contribution is 2.18. The van der Waals surface area contributed by atoms with E-state index in [4.69, 9.17) is 4.74 Å². The molecule has 0 amide bonds. The summed E-state index contributed by atoms with van der Waals surface area (Å²) in [6, 6.07) is 8.24. The van der Waals surface area contributed by atoms with Crippen LogP contribution in [0.5, 0.6) is 6.01 Å². The molecule has 7 heteroatoms. The molecule has 0 radical (unpaired) electrons. The summed E-state index contributed by atoms with van der Waals surface area (Å²) in [5, 5.41) is 6.04. The van der Waals surface area contributed by atoms with Gasteiger partial charge in [0.1, 0.15) is 0 Å². The molecule has 0 saturated heterocycles. The Balaban J connectivity index is 2.26. The van der Waals surface area contributed by atoms with Crippen molar-refractivity contribution in [3.05, 3.63) is 27.8 Å². The zero-order chi connectivity index (χ0) is 14.5. The van der Waals surface area contributed by atoms with Gasteiger partial charge in [-0.05, 0) is 54.6 Å². The number of halogens is 1. The molecular weight excluding hydrogens is 369 g/mol. The van der Waals surface area contributed by atoms with Crippen molar-refractivity contribution in [1.29, 1.82) is 0 Å². The van der Waals surface area contributed by atoms with Crippen LogP contribution in [0.4, 0.5) is 17.6 Å². The van der Waals surface area contributed by atoms with Crippen LogP contribution in [-0.4, -0.2) is 28.1 Å². The van der Waals surface area contributed by atoms with Crippen molar-refractivity contribution in [3.63, 3.8) is 0 Å². The van der Waals surface area contributed by atoms with Crippen LogP contribution >= 0.6 is 22.6 Å². The largest absolute Gasteiger partial charge is 0.461 e. The molecule has 0 aliphatic carbocycles. The number of benzene rings is 1. The first-order valence-electron chi connectivity index (χ1n) is 6.20. The Morgan fingerprint density at radius 1 is 1.15 bits per heavy atom. The molecule has 2 aromatic rings. The first-order valence-corrected chi connectivity index (χ1v) is 7.28. The lowest BCUT2D eigenvalue weighted by Gasteiger charge is -2.11. The molecule has 0 aliphatic rings. The van der Waals surface area contributed by atoms with E-state index in [0.717, 1.165) is 9.26 Å². The molecule has 2 N–H and O–H groups in total. The van der Waals surface area contributed by atoms with Gasteiger partial charge in [-0.2, -0.15) is 15.0 Å². The van der Waals surface area contributed by atoms with Gasteiger partial charge in [-0.25, -0.2) is 0 Å². The second kappa shape index (κ2) is 6.69. The number of anilines is 3. The van der Waals surface area contributed by atoms with Gasteiger partial charge < -0.3 is 15.4 Å². The SMILES string of the molecule is CNc1nc(Nc2cccc(I)c2)nc(OC(C)C)n1. The van der Waals surface area contributed by atoms with Gasteiger partial charge in [0.25, 0.3) is 0 Å². The minimum absolute atomic E-state index is 0.00706. The predicted octanol–water partition coefficient (Wildman–Crippen LogP) is 3.05. The fourth-order valence-electron chi connectivity index (χ4n) is 1.48. The summed E-state index contributed by atoms with van der Waals surface area (Å²) in [5.41, 5.74) is 0.917. The van der Waals surface area contributed by atoms with Crippen LogP contribution in [0.15, 0.2) is 24.3 Å².